The number of amides is 1. The summed E-state index contributed by atoms with van der Waals surface area (Å²) in [6, 6.07) is 13.6. The van der Waals surface area contributed by atoms with E-state index in [4.69, 9.17) is 9.72 Å². The Morgan fingerprint density at radius 1 is 1.14 bits per heavy atom. The molecule has 0 fully saturated rings. The van der Waals surface area contributed by atoms with E-state index in [9.17, 15) is 4.79 Å². The van der Waals surface area contributed by atoms with Crippen molar-refractivity contribution < 1.29 is 9.53 Å². The highest BCUT2D eigenvalue weighted by molar-refractivity contribution is 7.98. The molecular formula is C21H25N3O2S2. The van der Waals surface area contributed by atoms with Crippen molar-refractivity contribution in [1.29, 1.82) is 0 Å². The minimum Gasteiger partial charge on any atom is -0.494 e. The third kappa shape index (κ3) is 4.48. The first kappa shape index (κ1) is 20.6. The van der Waals surface area contributed by atoms with Gasteiger partial charge in [-0.15, -0.1) is 11.8 Å². The van der Waals surface area contributed by atoms with Crippen molar-refractivity contribution in [2.75, 3.05) is 45.5 Å². The number of thioether (sulfide) groups is 1. The molecule has 28 heavy (non-hydrogen) atoms. The average Bonchev–Trinajstić information content (AvgIpc) is 3.14. The topological polar surface area (TPSA) is 45.7 Å². The second-order valence-electron chi connectivity index (χ2n) is 6.62. The number of methoxy groups -OCH3 is 1. The van der Waals surface area contributed by atoms with Gasteiger partial charge in [-0.25, -0.2) is 4.98 Å². The molecule has 1 heterocycles. The number of para-hydroxylation sites is 1. The molecule has 5 nitrogen and oxygen atoms in total. The number of fused-ring (bicyclic) bond motifs is 1. The van der Waals surface area contributed by atoms with E-state index in [1.807, 2.05) is 67.7 Å². The summed E-state index contributed by atoms with van der Waals surface area (Å²) in [7, 11) is 5.72. The highest BCUT2D eigenvalue weighted by Gasteiger charge is 2.23. The molecule has 1 aromatic heterocycles. The van der Waals surface area contributed by atoms with E-state index in [-0.39, 0.29) is 5.91 Å². The molecule has 0 saturated carbocycles. The van der Waals surface area contributed by atoms with Crippen molar-refractivity contribution in [3.8, 4) is 5.75 Å². The second-order valence-corrected chi connectivity index (χ2v) is 8.47. The number of aromatic nitrogens is 1. The molecule has 0 aliphatic heterocycles. The van der Waals surface area contributed by atoms with Crippen LogP contribution in [0.3, 0.4) is 0 Å². The molecule has 0 aliphatic rings. The number of thiazole rings is 1. The Balaban J connectivity index is 2.00. The van der Waals surface area contributed by atoms with E-state index in [1.165, 1.54) is 11.3 Å². The van der Waals surface area contributed by atoms with E-state index in [0.29, 0.717) is 17.2 Å². The molecule has 3 aromatic rings. The third-order valence-electron chi connectivity index (χ3n) is 4.39. The van der Waals surface area contributed by atoms with Crippen molar-refractivity contribution in [3.05, 3.63) is 48.0 Å². The van der Waals surface area contributed by atoms with Crippen LogP contribution in [0.5, 0.6) is 5.75 Å². The Morgan fingerprint density at radius 2 is 1.93 bits per heavy atom. The first-order chi connectivity index (χ1) is 13.5. The second kappa shape index (κ2) is 9.41. The van der Waals surface area contributed by atoms with Crippen molar-refractivity contribution >= 4 is 44.4 Å². The molecule has 0 unspecified atom stereocenters. The predicted octanol–water partition coefficient (Wildman–Crippen LogP) is 4.63. The van der Waals surface area contributed by atoms with Crippen molar-refractivity contribution in [3.63, 3.8) is 0 Å². The number of ether oxygens (including phenoxy) is 1. The largest absolute Gasteiger partial charge is 0.494 e. The van der Waals surface area contributed by atoms with Crippen LogP contribution in [0.4, 0.5) is 5.13 Å². The highest BCUT2D eigenvalue weighted by atomic mass is 32.2. The first-order valence-corrected chi connectivity index (χ1v) is 11.1. The summed E-state index contributed by atoms with van der Waals surface area (Å²) >= 11 is 3.11. The number of anilines is 1. The lowest BCUT2D eigenvalue weighted by atomic mass is 10.2. The summed E-state index contributed by atoms with van der Waals surface area (Å²) < 4.78 is 6.46. The average molecular weight is 416 g/mol. The number of hydrogen-bond acceptors (Lipinski definition) is 6. The maximum absolute atomic E-state index is 13.5. The van der Waals surface area contributed by atoms with Crippen LogP contribution in [0.1, 0.15) is 16.8 Å². The molecule has 1 amide bonds. The zero-order valence-electron chi connectivity index (χ0n) is 16.6. The van der Waals surface area contributed by atoms with Crippen LogP contribution < -0.4 is 9.64 Å². The Bertz CT molecular complexity index is 956. The van der Waals surface area contributed by atoms with Crippen LogP contribution in [0.15, 0.2) is 47.4 Å². The lowest BCUT2D eigenvalue weighted by Gasteiger charge is -2.22. The number of carbonyl (C=O) groups is 1. The summed E-state index contributed by atoms with van der Waals surface area (Å²) in [5.74, 6) is 0.715. The Morgan fingerprint density at radius 3 is 2.64 bits per heavy atom. The fourth-order valence-corrected chi connectivity index (χ4v) is 4.59. The summed E-state index contributed by atoms with van der Waals surface area (Å²) in [5, 5.41) is 0.708. The number of rotatable bonds is 8. The van der Waals surface area contributed by atoms with Gasteiger partial charge in [0.2, 0.25) is 0 Å². The van der Waals surface area contributed by atoms with Crippen LogP contribution in [-0.4, -0.2) is 56.3 Å². The van der Waals surface area contributed by atoms with Crippen molar-refractivity contribution in [1.82, 2.24) is 9.88 Å². The van der Waals surface area contributed by atoms with Gasteiger partial charge < -0.3 is 9.64 Å². The number of carbonyl (C=O) groups excluding carboxylic acids is 1. The van der Waals surface area contributed by atoms with Gasteiger partial charge in [0, 0.05) is 11.4 Å². The Labute approximate surface area is 174 Å². The van der Waals surface area contributed by atoms with Crippen LogP contribution in [0.25, 0.3) is 10.2 Å². The van der Waals surface area contributed by atoms with Gasteiger partial charge in [-0.05, 0) is 57.6 Å². The molecule has 2 aromatic carbocycles. The van der Waals surface area contributed by atoms with Gasteiger partial charge in [0.05, 0.1) is 17.4 Å². The minimum absolute atomic E-state index is 0.0123. The number of benzene rings is 2. The van der Waals surface area contributed by atoms with Gasteiger partial charge in [0.1, 0.15) is 11.3 Å². The molecular weight excluding hydrogens is 390 g/mol. The van der Waals surface area contributed by atoms with Gasteiger partial charge in [0.25, 0.3) is 5.91 Å². The molecule has 0 radical (unpaired) electrons. The van der Waals surface area contributed by atoms with Gasteiger partial charge in [0.15, 0.2) is 5.13 Å². The highest BCUT2D eigenvalue weighted by Crippen LogP contribution is 2.35. The third-order valence-corrected chi connectivity index (χ3v) is 6.23. The van der Waals surface area contributed by atoms with E-state index in [0.717, 1.165) is 33.8 Å². The molecule has 0 bridgehead atoms. The fraction of sp³-hybridized carbons (Fsp3) is 0.333. The molecule has 0 atom stereocenters. The number of hydrogen-bond donors (Lipinski definition) is 0. The van der Waals surface area contributed by atoms with Crippen LogP contribution in [0, 0.1) is 0 Å². The summed E-state index contributed by atoms with van der Waals surface area (Å²) in [6.45, 7) is 1.52. The monoisotopic (exact) mass is 415 g/mol. The van der Waals surface area contributed by atoms with Gasteiger partial charge in [-0.3, -0.25) is 9.69 Å². The predicted molar refractivity (Wildman–Crippen MR) is 119 cm³/mol. The fourth-order valence-electron chi connectivity index (χ4n) is 2.99. The lowest BCUT2D eigenvalue weighted by molar-refractivity contribution is 0.0983. The quantitative estimate of drug-likeness (QED) is 0.502. The van der Waals surface area contributed by atoms with Gasteiger partial charge in [-0.2, -0.15) is 0 Å². The van der Waals surface area contributed by atoms with Gasteiger partial charge in [-0.1, -0.05) is 29.5 Å². The van der Waals surface area contributed by atoms with E-state index >= 15 is 0 Å². The molecule has 0 spiro atoms. The summed E-state index contributed by atoms with van der Waals surface area (Å²) in [4.78, 5) is 23.1. The van der Waals surface area contributed by atoms with Crippen molar-refractivity contribution in [2.24, 2.45) is 0 Å². The molecule has 7 heteroatoms. The van der Waals surface area contributed by atoms with E-state index in [2.05, 4.69) is 4.90 Å². The van der Waals surface area contributed by atoms with Gasteiger partial charge >= 0.3 is 0 Å². The van der Waals surface area contributed by atoms with Crippen LogP contribution in [0.2, 0.25) is 0 Å². The van der Waals surface area contributed by atoms with Crippen LogP contribution in [-0.2, 0) is 0 Å². The Kier molecular flexibility index (Phi) is 6.93. The lowest BCUT2D eigenvalue weighted by Crippen LogP contribution is -2.33. The number of nitrogens with zero attached hydrogens (tertiary/aromatic N) is 3. The van der Waals surface area contributed by atoms with E-state index in [1.54, 1.807) is 18.9 Å². The van der Waals surface area contributed by atoms with Crippen LogP contribution >= 0.6 is 23.1 Å². The Hall–Kier alpha value is -2.09. The molecule has 3 rings (SSSR count). The SMILES string of the molecule is COc1cccc2sc(N(CCCN(C)C)C(=O)c3ccccc3SC)nc12. The zero-order chi connectivity index (χ0) is 20.1. The smallest absolute Gasteiger partial charge is 0.261 e. The zero-order valence-corrected chi connectivity index (χ0v) is 18.3. The normalized spacial score (nSPS) is 11.2. The molecule has 148 valence electrons. The van der Waals surface area contributed by atoms with Crippen molar-refractivity contribution in [2.45, 2.75) is 11.3 Å². The summed E-state index contributed by atoms with van der Waals surface area (Å²) in [6.07, 6.45) is 2.86. The van der Waals surface area contributed by atoms with E-state index < -0.39 is 0 Å². The molecule has 0 aliphatic carbocycles. The molecule has 0 saturated heterocycles. The molecule has 0 N–H and O–H groups in total. The standard InChI is InChI=1S/C21H25N3O2S2/c1-23(2)13-8-14-24(20(25)15-9-5-6-11-17(15)27-4)21-22-19-16(26-3)10-7-12-18(19)28-21/h5-7,9-12H,8,13-14H2,1-4H3. The summed E-state index contributed by atoms with van der Waals surface area (Å²) in [5.41, 5.74) is 1.51. The maximum Gasteiger partial charge on any atom is 0.261 e. The minimum atomic E-state index is -0.0123. The maximum atomic E-state index is 13.5. The first-order valence-electron chi connectivity index (χ1n) is 9.08.